The molecule has 0 amide bonds. The third-order valence-electron chi connectivity index (χ3n) is 2.47. The van der Waals surface area contributed by atoms with Gasteiger partial charge < -0.3 is 15.8 Å². The average molecular weight is 194 g/mol. The first-order valence-electron chi connectivity index (χ1n) is 4.49. The Labute approximate surface area is 76.6 Å². The Morgan fingerprint density at radius 2 is 2.00 bits per heavy atom. The summed E-state index contributed by atoms with van der Waals surface area (Å²) in [4.78, 5) is 0. The first-order valence-corrected chi connectivity index (χ1v) is 4.49. The van der Waals surface area contributed by atoms with Gasteiger partial charge in [0.2, 0.25) is 0 Å². The van der Waals surface area contributed by atoms with Crippen molar-refractivity contribution >= 4 is 0 Å². The van der Waals surface area contributed by atoms with E-state index in [1.807, 2.05) is 0 Å². The van der Waals surface area contributed by atoms with Crippen LogP contribution in [0.4, 0.5) is 8.78 Å². The standard InChI is InChI=1S/C8H16F2N2O/c9-7(10)5-12-8(6-11)1-3-13-4-2-8/h7,12H,1-6,11H2. The first kappa shape index (κ1) is 10.8. The van der Waals surface area contributed by atoms with Gasteiger partial charge in [-0.1, -0.05) is 0 Å². The summed E-state index contributed by atoms with van der Waals surface area (Å²) in [6.07, 6.45) is -0.877. The van der Waals surface area contributed by atoms with E-state index in [-0.39, 0.29) is 12.1 Å². The zero-order valence-electron chi connectivity index (χ0n) is 7.56. The number of hydrogen-bond donors (Lipinski definition) is 2. The molecule has 1 rings (SSSR count). The van der Waals surface area contributed by atoms with Crippen molar-refractivity contribution in [2.45, 2.75) is 24.8 Å². The van der Waals surface area contributed by atoms with Crippen LogP contribution in [0, 0.1) is 0 Å². The van der Waals surface area contributed by atoms with Gasteiger partial charge >= 0.3 is 0 Å². The Hall–Kier alpha value is -0.260. The van der Waals surface area contributed by atoms with E-state index < -0.39 is 6.43 Å². The van der Waals surface area contributed by atoms with E-state index in [1.54, 1.807) is 0 Å². The molecule has 0 aromatic heterocycles. The summed E-state index contributed by atoms with van der Waals surface area (Å²) in [5, 5.41) is 2.83. The number of rotatable bonds is 4. The molecule has 78 valence electrons. The lowest BCUT2D eigenvalue weighted by atomic mass is 9.90. The van der Waals surface area contributed by atoms with Crippen LogP contribution >= 0.6 is 0 Å². The van der Waals surface area contributed by atoms with Crippen LogP contribution in [0.5, 0.6) is 0 Å². The predicted octanol–water partition coefficient (Wildman–Crippen LogP) is 0.349. The molecule has 1 fully saturated rings. The lowest BCUT2D eigenvalue weighted by molar-refractivity contribution is 0.0321. The van der Waals surface area contributed by atoms with Crippen molar-refractivity contribution < 1.29 is 13.5 Å². The molecule has 0 aliphatic carbocycles. The second-order valence-electron chi connectivity index (χ2n) is 3.37. The van der Waals surface area contributed by atoms with Gasteiger partial charge in [-0.3, -0.25) is 0 Å². The van der Waals surface area contributed by atoms with E-state index in [0.717, 1.165) is 12.8 Å². The molecule has 1 aliphatic rings. The van der Waals surface area contributed by atoms with E-state index in [4.69, 9.17) is 10.5 Å². The molecular formula is C8H16F2N2O. The topological polar surface area (TPSA) is 47.3 Å². The second-order valence-corrected chi connectivity index (χ2v) is 3.37. The van der Waals surface area contributed by atoms with Crippen molar-refractivity contribution in [3.8, 4) is 0 Å². The molecule has 0 aromatic rings. The van der Waals surface area contributed by atoms with Crippen LogP contribution < -0.4 is 11.1 Å². The van der Waals surface area contributed by atoms with Crippen LogP contribution in [0.1, 0.15) is 12.8 Å². The molecule has 0 spiro atoms. The molecule has 3 N–H and O–H groups in total. The number of hydrogen-bond acceptors (Lipinski definition) is 3. The summed E-state index contributed by atoms with van der Waals surface area (Å²) in [5.74, 6) is 0. The van der Waals surface area contributed by atoms with Crippen molar-refractivity contribution in [2.24, 2.45) is 5.73 Å². The Balaban J connectivity index is 2.38. The van der Waals surface area contributed by atoms with Crippen LogP contribution in [-0.4, -0.2) is 38.3 Å². The number of nitrogens with two attached hydrogens (primary N) is 1. The summed E-state index contributed by atoms with van der Waals surface area (Å²) in [7, 11) is 0. The Morgan fingerprint density at radius 1 is 1.38 bits per heavy atom. The maximum absolute atomic E-state index is 12.0. The quantitative estimate of drug-likeness (QED) is 0.679. The van der Waals surface area contributed by atoms with Crippen LogP contribution in [0.15, 0.2) is 0 Å². The number of alkyl halides is 2. The first-order chi connectivity index (χ1) is 6.18. The van der Waals surface area contributed by atoms with Crippen LogP contribution in [0.25, 0.3) is 0 Å². The third-order valence-corrected chi connectivity index (χ3v) is 2.47. The third kappa shape index (κ3) is 3.17. The summed E-state index contributed by atoms with van der Waals surface area (Å²) >= 11 is 0. The largest absolute Gasteiger partial charge is 0.381 e. The van der Waals surface area contributed by atoms with Gasteiger partial charge in [0.1, 0.15) is 0 Å². The van der Waals surface area contributed by atoms with Crippen molar-refractivity contribution in [1.82, 2.24) is 5.32 Å². The Bertz CT molecular complexity index is 149. The maximum atomic E-state index is 12.0. The van der Waals surface area contributed by atoms with E-state index in [9.17, 15) is 8.78 Å². The monoisotopic (exact) mass is 194 g/mol. The Morgan fingerprint density at radius 3 is 2.46 bits per heavy atom. The zero-order valence-corrected chi connectivity index (χ0v) is 7.56. The summed E-state index contributed by atoms with van der Waals surface area (Å²) in [6.45, 7) is 1.32. The van der Waals surface area contributed by atoms with E-state index in [0.29, 0.717) is 19.8 Å². The van der Waals surface area contributed by atoms with Gasteiger partial charge in [-0.15, -0.1) is 0 Å². The van der Waals surface area contributed by atoms with Crippen molar-refractivity contribution in [3.05, 3.63) is 0 Å². The molecular weight excluding hydrogens is 178 g/mol. The molecule has 3 nitrogen and oxygen atoms in total. The molecule has 1 heterocycles. The van der Waals surface area contributed by atoms with Gasteiger partial charge in [0.05, 0.1) is 6.54 Å². The van der Waals surface area contributed by atoms with Crippen molar-refractivity contribution in [3.63, 3.8) is 0 Å². The van der Waals surface area contributed by atoms with Crippen LogP contribution in [-0.2, 0) is 4.74 Å². The van der Waals surface area contributed by atoms with Crippen LogP contribution in [0.3, 0.4) is 0 Å². The van der Waals surface area contributed by atoms with Gasteiger partial charge in [0.25, 0.3) is 6.43 Å². The molecule has 0 aromatic carbocycles. The Kier molecular flexibility index (Phi) is 4.02. The van der Waals surface area contributed by atoms with Crippen molar-refractivity contribution in [1.29, 1.82) is 0 Å². The molecule has 0 unspecified atom stereocenters. The summed E-state index contributed by atoms with van der Waals surface area (Å²) in [6, 6.07) is 0. The highest BCUT2D eigenvalue weighted by Gasteiger charge is 2.31. The average Bonchev–Trinajstić information content (AvgIpc) is 2.16. The minimum atomic E-state index is -2.31. The highest BCUT2D eigenvalue weighted by molar-refractivity contribution is 4.91. The highest BCUT2D eigenvalue weighted by atomic mass is 19.3. The van der Waals surface area contributed by atoms with E-state index in [2.05, 4.69) is 5.32 Å². The van der Waals surface area contributed by atoms with Gasteiger partial charge in [0.15, 0.2) is 0 Å². The SMILES string of the molecule is NCC1(NCC(F)F)CCOCC1. The smallest absolute Gasteiger partial charge is 0.250 e. The van der Waals surface area contributed by atoms with Gasteiger partial charge in [0, 0.05) is 25.3 Å². The molecule has 0 atom stereocenters. The van der Waals surface area contributed by atoms with E-state index in [1.165, 1.54) is 0 Å². The molecule has 5 heteroatoms. The molecule has 0 bridgehead atoms. The number of ether oxygens (including phenoxy) is 1. The normalized spacial score (nSPS) is 22.2. The lowest BCUT2D eigenvalue weighted by Crippen LogP contribution is -2.55. The van der Waals surface area contributed by atoms with Crippen molar-refractivity contribution in [2.75, 3.05) is 26.3 Å². The molecule has 0 saturated carbocycles. The van der Waals surface area contributed by atoms with E-state index >= 15 is 0 Å². The zero-order chi connectivity index (χ0) is 9.73. The molecule has 1 aliphatic heterocycles. The minimum absolute atomic E-state index is 0.281. The molecule has 1 saturated heterocycles. The summed E-state index contributed by atoms with van der Waals surface area (Å²) < 4.78 is 29.1. The van der Waals surface area contributed by atoms with Crippen LogP contribution in [0.2, 0.25) is 0 Å². The minimum Gasteiger partial charge on any atom is -0.381 e. The van der Waals surface area contributed by atoms with Gasteiger partial charge in [-0.05, 0) is 12.8 Å². The number of halogens is 2. The van der Waals surface area contributed by atoms with Gasteiger partial charge in [-0.25, -0.2) is 8.78 Å². The predicted molar refractivity (Wildman–Crippen MR) is 45.8 cm³/mol. The van der Waals surface area contributed by atoms with Gasteiger partial charge in [-0.2, -0.15) is 0 Å². The summed E-state index contributed by atoms with van der Waals surface area (Å²) in [5.41, 5.74) is 5.24. The highest BCUT2D eigenvalue weighted by Crippen LogP contribution is 2.19. The molecule has 13 heavy (non-hydrogen) atoms. The molecule has 0 radical (unpaired) electrons. The number of nitrogens with one attached hydrogen (secondary N) is 1. The lowest BCUT2D eigenvalue weighted by Gasteiger charge is -2.37. The second kappa shape index (κ2) is 4.83. The fourth-order valence-corrected chi connectivity index (χ4v) is 1.51. The fourth-order valence-electron chi connectivity index (χ4n) is 1.51. The maximum Gasteiger partial charge on any atom is 0.250 e. The fraction of sp³-hybridized carbons (Fsp3) is 1.00.